The Kier molecular flexibility index (Phi) is 7.08. The molecule has 0 aromatic heterocycles. The van der Waals surface area contributed by atoms with E-state index >= 15 is 0 Å². The number of amides is 1. The molecule has 0 aliphatic rings. The molecule has 3 aromatic carbocycles. The van der Waals surface area contributed by atoms with Crippen LogP contribution in [0.3, 0.4) is 0 Å². The number of carbonyl (C=O) groups is 3. The highest BCUT2D eigenvalue weighted by atomic mass is 35.5. The molecular weight excluding hydrogens is 488 g/mol. The van der Waals surface area contributed by atoms with Crippen molar-refractivity contribution in [3.05, 3.63) is 91.4 Å². The smallest absolute Gasteiger partial charge is 0.343 e. The lowest BCUT2D eigenvalue weighted by Crippen LogP contribution is -2.15. The Hall–Kier alpha value is -2.77. The van der Waals surface area contributed by atoms with Crippen LogP contribution in [0.1, 0.15) is 31.1 Å². The van der Waals surface area contributed by atoms with Crippen molar-refractivity contribution in [3.63, 3.8) is 0 Å². The average molecular weight is 499 g/mol. The molecule has 0 spiro atoms. The second-order valence-electron chi connectivity index (χ2n) is 6.18. The summed E-state index contributed by atoms with van der Waals surface area (Å²) in [4.78, 5) is 36.5. The van der Waals surface area contributed by atoms with Crippen LogP contribution in [0, 0.1) is 0 Å². The molecule has 0 heterocycles. The summed E-state index contributed by atoms with van der Waals surface area (Å²) in [6.45, 7) is 0. The van der Waals surface area contributed by atoms with Crippen LogP contribution in [0.15, 0.2) is 54.6 Å². The third kappa shape index (κ3) is 5.89. The van der Waals surface area contributed by atoms with Gasteiger partial charge in [0.2, 0.25) is 0 Å². The fraction of sp³-hybridized carbons (Fsp3) is 0. The van der Waals surface area contributed by atoms with E-state index in [-0.39, 0.29) is 48.2 Å². The molecule has 0 aliphatic heterocycles. The minimum absolute atomic E-state index is 0.0390. The largest absolute Gasteiger partial charge is 0.478 e. The molecule has 158 valence electrons. The summed E-state index contributed by atoms with van der Waals surface area (Å²) >= 11 is 23.7. The zero-order valence-corrected chi connectivity index (χ0v) is 18.3. The molecule has 31 heavy (non-hydrogen) atoms. The number of nitrogens with one attached hydrogen (secondary N) is 1. The van der Waals surface area contributed by atoms with Gasteiger partial charge in [0, 0.05) is 25.7 Å². The Labute approximate surface area is 196 Å². The quantitative estimate of drug-likeness (QED) is 0.310. The van der Waals surface area contributed by atoms with Crippen molar-refractivity contribution in [1.29, 1.82) is 0 Å². The van der Waals surface area contributed by atoms with Crippen molar-refractivity contribution >= 4 is 69.9 Å². The van der Waals surface area contributed by atoms with Gasteiger partial charge in [-0.25, -0.2) is 9.59 Å². The molecule has 3 aromatic rings. The molecule has 3 rings (SSSR count). The van der Waals surface area contributed by atoms with Gasteiger partial charge in [0.25, 0.3) is 5.91 Å². The van der Waals surface area contributed by atoms with Crippen LogP contribution in [-0.2, 0) is 0 Å². The van der Waals surface area contributed by atoms with Gasteiger partial charge in [-0.3, -0.25) is 4.79 Å². The number of halogens is 4. The van der Waals surface area contributed by atoms with Crippen LogP contribution < -0.4 is 10.1 Å². The number of carboxylic acids is 1. The number of carboxylic acid groups (broad SMARTS) is 1. The predicted octanol–water partition coefficient (Wildman–Crippen LogP) is 6.47. The molecule has 0 unspecified atom stereocenters. The van der Waals surface area contributed by atoms with Crippen LogP contribution >= 0.6 is 46.4 Å². The van der Waals surface area contributed by atoms with E-state index in [1.807, 2.05) is 0 Å². The lowest BCUT2D eigenvalue weighted by molar-refractivity contribution is 0.0688. The molecule has 2 N–H and O–H groups in total. The molecule has 0 radical (unpaired) electrons. The molecule has 10 heteroatoms. The first-order chi connectivity index (χ1) is 14.6. The fourth-order valence-corrected chi connectivity index (χ4v) is 3.61. The van der Waals surface area contributed by atoms with Crippen molar-refractivity contribution in [2.75, 3.05) is 5.32 Å². The lowest BCUT2D eigenvalue weighted by Gasteiger charge is -2.13. The van der Waals surface area contributed by atoms with Crippen LogP contribution in [0.5, 0.6) is 5.75 Å². The number of benzene rings is 3. The number of hydrogen-bond donors (Lipinski definition) is 2. The molecule has 6 nitrogen and oxygen atoms in total. The van der Waals surface area contributed by atoms with E-state index in [1.165, 1.54) is 48.5 Å². The first-order valence-electron chi connectivity index (χ1n) is 8.45. The Morgan fingerprint density at radius 2 is 1.23 bits per heavy atom. The highest BCUT2D eigenvalue weighted by molar-refractivity contribution is 6.35. The Balaban J connectivity index is 1.94. The SMILES string of the molecule is O=C(O)c1ccc(NC(=O)c2cc(Cl)cc(Cl)c2)c(OC(=O)c2cc(Cl)cc(Cl)c2)c1. The second kappa shape index (κ2) is 9.58. The van der Waals surface area contributed by atoms with Gasteiger partial charge in [-0.1, -0.05) is 46.4 Å². The van der Waals surface area contributed by atoms with E-state index in [0.29, 0.717) is 0 Å². The first-order valence-corrected chi connectivity index (χ1v) is 9.96. The Bertz CT molecular complexity index is 1170. The molecule has 0 bridgehead atoms. The predicted molar refractivity (Wildman–Crippen MR) is 119 cm³/mol. The van der Waals surface area contributed by atoms with E-state index in [4.69, 9.17) is 51.1 Å². The summed E-state index contributed by atoms with van der Waals surface area (Å²) in [5.41, 5.74) is 0.0825. The summed E-state index contributed by atoms with van der Waals surface area (Å²) in [5.74, 6) is -2.89. The Morgan fingerprint density at radius 1 is 0.710 bits per heavy atom. The monoisotopic (exact) mass is 497 g/mol. The van der Waals surface area contributed by atoms with E-state index in [0.717, 1.165) is 6.07 Å². The summed E-state index contributed by atoms with van der Waals surface area (Å²) in [6, 6.07) is 12.0. The van der Waals surface area contributed by atoms with Crippen LogP contribution in [0.2, 0.25) is 20.1 Å². The number of aromatic carboxylic acids is 1. The molecular formula is C21H11Cl4NO5. The summed E-state index contributed by atoms with van der Waals surface area (Å²) in [7, 11) is 0. The van der Waals surface area contributed by atoms with E-state index < -0.39 is 17.8 Å². The topological polar surface area (TPSA) is 92.7 Å². The molecule has 1 amide bonds. The zero-order valence-electron chi connectivity index (χ0n) is 15.3. The van der Waals surface area contributed by atoms with Gasteiger partial charge >= 0.3 is 11.9 Å². The third-order valence-corrected chi connectivity index (χ3v) is 4.78. The molecule has 0 atom stereocenters. The molecule has 0 saturated heterocycles. The van der Waals surface area contributed by atoms with Crippen molar-refractivity contribution in [3.8, 4) is 5.75 Å². The van der Waals surface area contributed by atoms with Gasteiger partial charge < -0.3 is 15.2 Å². The van der Waals surface area contributed by atoms with Gasteiger partial charge in [-0.05, 0) is 54.6 Å². The standard InChI is InChI=1S/C21H11Cl4NO5/c22-13-3-11(4-14(23)8-13)19(27)26-17-2-1-10(20(28)29)7-18(17)31-21(30)12-5-15(24)9-16(25)6-12/h1-9H,(H,26,27)(H,28,29). The van der Waals surface area contributed by atoms with Crippen molar-refractivity contribution < 1.29 is 24.2 Å². The van der Waals surface area contributed by atoms with Crippen molar-refractivity contribution in [2.45, 2.75) is 0 Å². The van der Waals surface area contributed by atoms with Crippen LogP contribution in [-0.4, -0.2) is 23.0 Å². The lowest BCUT2D eigenvalue weighted by atomic mass is 10.1. The molecule has 0 aliphatic carbocycles. The third-order valence-electron chi connectivity index (χ3n) is 3.90. The average Bonchev–Trinajstić information content (AvgIpc) is 2.67. The molecule has 0 fully saturated rings. The number of carbonyl (C=O) groups excluding carboxylic acids is 2. The normalized spacial score (nSPS) is 10.5. The maximum atomic E-state index is 12.6. The minimum atomic E-state index is -1.25. The van der Waals surface area contributed by atoms with Crippen LogP contribution in [0.4, 0.5) is 5.69 Å². The second-order valence-corrected chi connectivity index (χ2v) is 7.92. The molecule has 0 saturated carbocycles. The first kappa shape index (κ1) is 22.9. The van der Waals surface area contributed by atoms with Gasteiger partial charge in [-0.2, -0.15) is 0 Å². The highest BCUT2D eigenvalue weighted by Crippen LogP contribution is 2.29. The number of rotatable bonds is 5. The van der Waals surface area contributed by atoms with Gasteiger partial charge in [0.05, 0.1) is 16.8 Å². The zero-order chi connectivity index (χ0) is 22.7. The number of ether oxygens (including phenoxy) is 1. The van der Waals surface area contributed by atoms with Gasteiger partial charge in [-0.15, -0.1) is 0 Å². The number of hydrogen-bond acceptors (Lipinski definition) is 4. The Morgan fingerprint density at radius 3 is 1.74 bits per heavy atom. The van der Waals surface area contributed by atoms with Crippen LogP contribution in [0.25, 0.3) is 0 Å². The minimum Gasteiger partial charge on any atom is -0.478 e. The highest BCUT2D eigenvalue weighted by Gasteiger charge is 2.18. The number of esters is 1. The number of anilines is 1. The summed E-state index contributed by atoms with van der Waals surface area (Å²) in [6.07, 6.45) is 0. The van der Waals surface area contributed by atoms with E-state index in [9.17, 15) is 19.5 Å². The summed E-state index contributed by atoms with van der Waals surface area (Å²) < 4.78 is 5.33. The fourth-order valence-electron chi connectivity index (χ4n) is 2.55. The van der Waals surface area contributed by atoms with Gasteiger partial charge in [0.15, 0.2) is 5.75 Å². The van der Waals surface area contributed by atoms with E-state index in [2.05, 4.69) is 5.32 Å². The maximum absolute atomic E-state index is 12.6. The van der Waals surface area contributed by atoms with Crippen molar-refractivity contribution in [2.24, 2.45) is 0 Å². The van der Waals surface area contributed by atoms with Gasteiger partial charge in [0.1, 0.15) is 0 Å². The van der Waals surface area contributed by atoms with E-state index in [1.54, 1.807) is 0 Å². The maximum Gasteiger partial charge on any atom is 0.343 e. The van der Waals surface area contributed by atoms with Crippen molar-refractivity contribution in [1.82, 2.24) is 0 Å². The summed E-state index contributed by atoms with van der Waals surface area (Å²) in [5, 5.41) is 12.7.